The van der Waals surface area contributed by atoms with Crippen LogP contribution in [0.4, 0.5) is 8.78 Å². The fourth-order valence-corrected chi connectivity index (χ4v) is 1.61. The highest BCUT2D eigenvalue weighted by Gasteiger charge is 2.08. The Morgan fingerprint density at radius 2 is 1.79 bits per heavy atom. The fraction of sp³-hybridized carbons (Fsp3) is 0.133. The van der Waals surface area contributed by atoms with Gasteiger partial charge in [0.25, 0.3) is 0 Å². The Morgan fingerprint density at radius 3 is 2.47 bits per heavy atom. The highest BCUT2D eigenvalue weighted by atomic mass is 19.1. The van der Waals surface area contributed by atoms with E-state index in [0.717, 1.165) is 12.1 Å². The van der Waals surface area contributed by atoms with E-state index in [1.807, 2.05) is 6.07 Å². The number of rotatable bonds is 5. The van der Waals surface area contributed by atoms with E-state index in [9.17, 15) is 13.6 Å². The molecule has 2 nitrogen and oxygen atoms in total. The van der Waals surface area contributed by atoms with Crippen molar-refractivity contribution >= 4 is 5.78 Å². The van der Waals surface area contributed by atoms with Crippen molar-refractivity contribution in [3.8, 4) is 5.75 Å². The van der Waals surface area contributed by atoms with Gasteiger partial charge in [0.2, 0.25) is 0 Å². The molecule has 0 N–H and O–H groups in total. The summed E-state index contributed by atoms with van der Waals surface area (Å²) >= 11 is 0. The minimum atomic E-state index is -0.771. The molecule has 0 saturated carbocycles. The maximum absolute atomic E-state index is 13.2. The zero-order chi connectivity index (χ0) is 13.7. The van der Waals surface area contributed by atoms with E-state index in [1.54, 1.807) is 24.3 Å². The summed E-state index contributed by atoms with van der Waals surface area (Å²) in [6, 6.07) is 11.8. The second kappa shape index (κ2) is 6.09. The molecule has 98 valence electrons. The number of ketones is 1. The van der Waals surface area contributed by atoms with E-state index in [-0.39, 0.29) is 24.6 Å². The molecule has 0 aromatic heterocycles. The number of hydrogen-bond acceptors (Lipinski definition) is 2. The molecule has 0 saturated heterocycles. The van der Waals surface area contributed by atoms with Gasteiger partial charge in [0.05, 0.1) is 6.61 Å². The van der Waals surface area contributed by atoms with Crippen LogP contribution in [0.1, 0.15) is 16.8 Å². The molecule has 4 heteroatoms. The van der Waals surface area contributed by atoms with Gasteiger partial charge in [0.15, 0.2) is 17.3 Å². The zero-order valence-corrected chi connectivity index (χ0v) is 10.1. The Hall–Kier alpha value is -2.23. The first kappa shape index (κ1) is 13.2. The zero-order valence-electron chi connectivity index (χ0n) is 10.1. The average Bonchev–Trinajstić information content (AvgIpc) is 2.42. The van der Waals surface area contributed by atoms with Gasteiger partial charge in [-0.15, -0.1) is 0 Å². The lowest BCUT2D eigenvalue weighted by Gasteiger charge is -2.06. The van der Waals surface area contributed by atoms with Gasteiger partial charge in [0, 0.05) is 18.1 Å². The van der Waals surface area contributed by atoms with Crippen molar-refractivity contribution in [3.63, 3.8) is 0 Å². The maximum Gasteiger partial charge on any atom is 0.167 e. The molecule has 0 aliphatic rings. The van der Waals surface area contributed by atoms with Gasteiger partial charge in [-0.3, -0.25) is 4.79 Å². The van der Waals surface area contributed by atoms with Crippen LogP contribution in [0.3, 0.4) is 0 Å². The van der Waals surface area contributed by atoms with Crippen molar-refractivity contribution in [2.45, 2.75) is 6.42 Å². The molecule has 0 radical (unpaired) electrons. The van der Waals surface area contributed by atoms with Gasteiger partial charge in [-0.05, 0) is 12.1 Å². The van der Waals surface area contributed by atoms with Gasteiger partial charge in [-0.2, -0.15) is 0 Å². The van der Waals surface area contributed by atoms with Crippen LogP contribution in [0.15, 0.2) is 48.5 Å². The fourth-order valence-electron chi connectivity index (χ4n) is 1.61. The summed E-state index contributed by atoms with van der Waals surface area (Å²) < 4.78 is 31.0. The standard InChI is InChI=1S/C15H12F2O2/c16-12-6-7-15(13(17)10-12)19-9-8-14(18)11-4-2-1-3-5-11/h1-7,10H,8-9H2. The summed E-state index contributed by atoms with van der Waals surface area (Å²) in [7, 11) is 0. The van der Waals surface area contributed by atoms with Crippen molar-refractivity contribution in [1.82, 2.24) is 0 Å². The minimum absolute atomic E-state index is 0.0519. The SMILES string of the molecule is O=C(CCOc1ccc(F)cc1F)c1ccccc1. The molecule has 0 bridgehead atoms. The lowest BCUT2D eigenvalue weighted by atomic mass is 10.1. The Balaban J connectivity index is 1.88. The van der Waals surface area contributed by atoms with Crippen molar-refractivity contribution in [2.24, 2.45) is 0 Å². The second-order valence-electron chi connectivity index (χ2n) is 3.96. The maximum atomic E-state index is 13.2. The van der Waals surface area contributed by atoms with E-state index in [0.29, 0.717) is 5.56 Å². The topological polar surface area (TPSA) is 26.3 Å². The predicted octanol–water partition coefficient (Wildman–Crippen LogP) is 3.62. The molecule has 2 aromatic carbocycles. The number of carbonyl (C=O) groups is 1. The number of ether oxygens (including phenoxy) is 1. The third kappa shape index (κ3) is 3.61. The molecule has 0 aliphatic heterocycles. The van der Waals surface area contributed by atoms with Crippen LogP contribution < -0.4 is 4.74 Å². The number of hydrogen-bond donors (Lipinski definition) is 0. The Labute approximate surface area is 109 Å². The predicted molar refractivity (Wildman–Crippen MR) is 67.2 cm³/mol. The first-order chi connectivity index (χ1) is 9.16. The lowest BCUT2D eigenvalue weighted by molar-refractivity contribution is 0.0961. The summed E-state index contributed by atoms with van der Waals surface area (Å²) in [5, 5.41) is 0. The monoisotopic (exact) mass is 262 g/mol. The van der Waals surface area contributed by atoms with Gasteiger partial charge in [-0.1, -0.05) is 30.3 Å². The van der Waals surface area contributed by atoms with Gasteiger partial charge >= 0.3 is 0 Å². The molecule has 0 unspecified atom stereocenters. The normalized spacial score (nSPS) is 10.2. The summed E-state index contributed by atoms with van der Waals surface area (Å²) in [5.74, 6) is -1.57. The molecule has 0 aliphatic carbocycles. The molecule has 0 amide bonds. The highest BCUT2D eigenvalue weighted by Crippen LogP contribution is 2.17. The van der Waals surface area contributed by atoms with Crippen LogP contribution in [0, 0.1) is 11.6 Å². The summed E-state index contributed by atoms with van der Waals surface area (Å²) in [6.07, 6.45) is 0.140. The van der Waals surface area contributed by atoms with E-state index < -0.39 is 11.6 Å². The summed E-state index contributed by atoms with van der Waals surface area (Å²) in [5.41, 5.74) is 0.589. The highest BCUT2D eigenvalue weighted by molar-refractivity contribution is 5.96. The van der Waals surface area contributed by atoms with Crippen molar-refractivity contribution < 1.29 is 18.3 Å². The second-order valence-corrected chi connectivity index (χ2v) is 3.96. The van der Waals surface area contributed by atoms with Crippen LogP contribution in [0.5, 0.6) is 5.75 Å². The Bertz CT molecular complexity index is 568. The van der Waals surface area contributed by atoms with Crippen molar-refractivity contribution in [2.75, 3.05) is 6.61 Å². The van der Waals surface area contributed by atoms with Crippen LogP contribution >= 0.6 is 0 Å². The number of benzene rings is 2. The average molecular weight is 262 g/mol. The molecule has 2 rings (SSSR count). The molecule has 19 heavy (non-hydrogen) atoms. The molecular weight excluding hydrogens is 250 g/mol. The first-order valence-corrected chi connectivity index (χ1v) is 5.83. The first-order valence-electron chi connectivity index (χ1n) is 5.83. The summed E-state index contributed by atoms with van der Waals surface area (Å²) in [4.78, 5) is 11.7. The van der Waals surface area contributed by atoms with Crippen LogP contribution in [-0.2, 0) is 0 Å². The quantitative estimate of drug-likeness (QED) is 0.769. The molecular formula is C15H12F2O2. The van der Waals surface area contributed by atoms with E-state index in [4.69, 9.17) is 4.74 Å². The summed E-state index contributed by atoms with van der Waals surface area (Å²) in [6.45, 7) is 0.0519. The van der Waals surface area contributed by atoms with Crippen LogP contribution in [0.2, 0.25) is 0 Å². The largest absolute Gasteiger partial charge is 0.490 e. The van der Waals surface area contributed by atoms with Crippen molar-refractivity contribution in [1.29, 1.82) is 0 Å². The third-order valence-corrected chi connectivity index (χ3v) is 2.58. The van der Waals surface area contributed by atoms with Crippen molar-refractivity contribution in [3.05, 3.63) is 65.7 Å². The number of carbonyl (C=O) groups excluding carboxylic acids is 1. The molecule has 0 fully saturated rings. The van der Waals surface area contributed by atoms with E-state index >= 15 is 0 Å². The van der Waals surface area contributed by atoms with Gasteiger partial charge in [0.1, 0.15) is 5.82 Å². The van der Waals surface area contributed by atoms with E-state index in [2.05, 4.69) is 0 Å². The van der Waals surface area contributed by atoms with Gasteiger partial charge in [-0.25, -0.2) is 8.78 Å². The van der Waals surface area contributed by atoms with Crippen LogP contribution in [0.25, 0.3) is 0 Å². The van der Waals surface area contributed by atoms with Gasteiger partial charge < -0.3 is 4.74 Å². The van der Waals surface area contributed by atoms with Crippen LogP contribution in [-0.4, -0.2) is 12.4 Å². The smallest absolute Gasteiger partial charge is 0.167 e. The minimum Gasteiger partial charge on any atom is -0.490 e. The Kier molecular flexibility index (Phi) is 4.23. The number of halogens is 2. The Morgan fingerprint density at radius 1 is 1.05 bits per heavy atom. The lowest BCUT2D eigenvalue weighted by Crippen LogP contribution is -2.07. The molecule has 0 atom stereocenters. The third-order valence-electron chi connectivity index (χ3n) is 2.58. The molecule has 0 heterocycles. The molecule has 0 spiro atoms. The van der Waals surface area contributed by atoms with E-state index in [1.165, 1.54) is 6.07 Å². The number of Topliss-reactive ketones (excluding diaryl/α,β-unsaturated/α-hetero) is 1. The molecule has 2 aromatic rings.